The van der Waals surface area contributed by atoms with E-state index in [2.05, 4.69) is 46.9 Å². The summed E-state index contributed by atoms with van der Waals surface area (Å²) in [4.78, 5) is 20.4. The van der Waals surface area contributed by atoms with Crippen molar-refractivity contribution in [2.24, 2.45) is 0 Å². The monoisotopic (exact) mass is 342 g/mol. The fourth-order valence-electron chi connectivity index (χ4n) is 2.56. The van der Waals surface area contributed by atoms with Gasteiger partial charge in [0.15, 0.2) is 0 Å². The second-order valence-corrected chi connectivity index (χ2v) is 5.63. The topological polar surface area (TPSA) is 81.2 Å². The van der Waals surface area contributed by atoms with Crippen LogP contribution in [0.4, 0.5) is 11.4 Å². The summed E-state index contributed by atoms with van der Waals surface area (Å²) in [7, 11) is 0. The van der Waals surface area contributed by atoms with Gasteiger partial charge in [-0.1, -0.05) is 20.3 Å². The summed E-state index contributed by atoms with van der Waals surface area (Å²) >= 11 is 0. The van der Waals surface area contributed by atoms with Gasteiger partial charge in [0.25, 0.3) is 0 Å². The summed E-state index contributed by atoms with van der Waals surface area (Å²) in [5.41, 5.74) is 3.52. The van der Waals surface area contributed by atoms with Crippen LogP contribution < -0.4 is 10.2 Å². The zero-order chi connectivity index (χ0) is 18.8. The molecule has 0 spiro atoms. The molecule has 0 saturated carbocycles. The van der Waals surface area contributed by atoms with Crippen molar-refractivity contribution in [1.29, 1.82) is 0 Å². The first-order valence-corrected chi connectivity index (χ1v) is 8.24. The molecule has 2 aromatic rings. The molecule has 6 heteroatoms. The van der Waals surface area contributed by atoms with E-state index in [4.69, 9.17) is 0 Å². The highest BCUT2D eigenvalue weighted by molar-refractivity contribution is 5.90. The lowest BCUT2D eigenvalue weighted by molar-refractivity contribution is -0.114. The molecule has 6 nitrogen and oxygen atoms in total. The molecule has 0 atom stereocenters. The number of hydrogen-bond donors (Lipinski definition) is 3. The minimum absolute atomic E-state index is 0.150. The van der Waals surface area contributed by atoms with Gasteiger partial charge in [0.2, 0.25) is 5.91 Å². The molecule has 1 aromatic carbocycles. The Morgan fingerprint density at radius 2 is 2.08 bits per heavy atom. The number of fused-ring (bicyclic) bond motifs is 1. The van der Waals surface area contributed by atoms with Gasteiger partial charge >= 0.3 is 0 Å². The first-order chi connectivity index (χ1) is 12.0. The van der Waals surface area contributed by atoms with E-state index in [1.165, 1.54) is 13.3 Å². The van der Waals surface area contributed by atoms with E-state index in [0.717, 1.165) is 29.9 Å². The van der Waals surface area contributed by atoms with Gasteiger partial charge < -0.3 is 20.3 Å². The Balaban J connectivity index is 0.000000567. The molecule has 1 aliphatic rings. The molecule has 0 aliphatic carbocycles. The molecule has 0 unspecified atom stereocenters. The van der Waals surface area contributed by atoms with E-state index >= 15 is 0 Å². The Bertz CT molecular complexity index is 693. The van der Waals surface area contributed by atoms with Crippen molar-refractivity contribution in [3.05, 3.63) is 35.9 Å². The first-order valence-electron chi connectivity index (χ1n) is 8.24. The van der Waals surface area contributed by atoms with E-state index in [1.54, 1.807) is 18.6 Å². The van der Waals surface area contributed by atoms with Crippen molar-refractivity contribution in [3.8, 4) is 18.6 Å². The van der Waals surface area contributed by atoms with Crippen LogP contribution in [0.2, 0.25) is 0 Å². The average Bonchev–Trinajstić information content (AvgIpc) is 3.21. The summed E-state index contributed by atoms with van der Waals surface area (Å²) in [6.45, 7) is 7.24. The fourth-order valence-corrected chi connectivity index (χ4v) is 2.56. The third kappa shape index (κ3) is 5.57. The number of carbonyl (C=O) groups is 1. The zero-order valence-electron chi connectivity index (χ0n) is 15.0. The predicted molar refractivity (Wildman–Crippen MR) is 102 cm³/mol. The number of benzene rings is 1. The summed E-state index contributed by atoms with van der Waals surface area (Å²) in [6, 6.07) is 3.50. The molecular weight excluding hydrogens is 316 g/mol. The third-order valence-electron chi connectivity index (χ3n) is 3.41. The number of rotatable bonds is 3. The molecular formula is C19H26N4O2. The van der Waals surface area contributed by atoms with Crippen molar-refractivity contribution in [2.45, 2.75) is 40.2 Å². The number of carbonyl (C=O) groups excluding carboxylic acids is 1. The van der Waals surface area contributed by atoms with Crippen LogP contribution in [0.15, 0.2) is 24.7 Å². The summed E-state index contributed by atoms with van der Waals surface area (Å²) < 4.78 is 0. The van der Waals surface area contributed by atoms with Gasteiger partial charge in [0.05, 0.1) is 18.6 Å². The Morgan fingerprint density at radius 1 is 1.40 bits per heavy atom. The molecule has 2 heterocycles. The van der Waals surface area contributed by atoms with Crippen molar-refractivity contribution in [1.82, 2.24) is 9.97 Å². The van der Waals surface area contributed by atoms with Gasteiger partial charge in [-0.3, -0.25) is 4.79 Å². The Morgan fingerprint density at radius 3 is 2.64 bits per heavy atom. The number of aromatic nitrogens is 2. The molecule has 1 aromatic heterocycles. The molecule has 3 N–H and O–H groups in total. The number of nitrogens with one attached hydrogen (secondary N) is 2. The summed E-state index contributed by atoms with van der Waals surface area (Å²) in [6.07, 6.45) is 13.5. The second kappa shape index (κ2) is 10.0. The van der Waals surface area contributed by atoms with E-state index in [0.29, 0.717) is 12.2 Å². The number of terminal acetylenes is 1. The maximum Gasteiger partial charge on any atom is 0.221 e. The highest BCUT2D eigenvalue weighted by Gasteiger charge is 2.23. The number of nitrogens with zero attached hydrogens (tertiary/aromatic N) is 2. The van der Waals surface area contributed by atoms with Crippen LogP contribution in [0, 0.1) is 12.8 Å². The number of aromatic hydroxyl groups is 1. The molecule has 0 fully saturated rings. The van der Waals surface area contributed by atoms with Crippen LogP contribution in [0.3, 0.4) is 0 Å². The van der Waals surface area contributed by atoms with E-state index in [-0.39, 0.29) is 11.7 Å². The predicted octanol–water partition coefficient (Wildman–Crippen LogP) is 3.30. The van der Waals surface area contributed by atoms with Crippen molar-refractivity contribution in [3.63, 3.8) is 0 Å². The lowest BCUT2D eigenvalue weighted by Crippen LogP contribution is -2.20. The first kappa shape index (κ1) is 20.1. The minimum atomic E-state index is -0.150. The highest BCUT2D eigenvalue weighted by Crippen LogP contribution is 2.38. The van der Waals surface area contributed by atoms with Crippen LogP contribution in [-0.2, 0) is 17.8 Å². The highest BCUT2D eigenvalue weighted by atomic mass is 16.3. The number of hydrogen-bond acceptors (Lipinski definition) is 4. The lowest BCUT2D eigenvalue weighted by Gasteiger charge is -2.19. The normalized spacial score (nSPS) is 11.5. The lowest BCUT2D eigenvalue weighted by atomic mass is 10.1. The molecule has 0 radical (unpaired) electrons. The maximum absolute atomic E-state index is 11.1. The average molecular weight is 342 g/mol. The van der Waals surface area contributed by atoms with Gasteiger partial charge in [0.1, 0.15) is 5.75 Å². The van der Waals surface area contributed by atoms with Gasteiger partial charge in [-0.25, -0.2) is 4.98 Å². The van der Waals surface area contributed by atoms with Gasteiger partial charge in [-0.05, 0) is 12.5 Å². The molecule has 3 rings (SSSR count). The van der Waals surface area contributed by atoms with Gasteiger partial charge in [-0.2, -0.15) is 0 Å². The van der Waals surface area contributed by atoms with Crippen LogP contribution in [-0.4, -0.2) is 27.5 Å². The van der Waals surface area contributed by atoms with Gasteiger partial charge in [-0.15, -0.1) is 12.8 Å². The van der Waals surface area contributed by atoms with E-state index < -0.39 is 0 Å². The van der Waals surface area contributed by atoms with Crippen LogP contribution in [0.5, 0.6) is 5.75 Å². The van der Waals surface area contributed by atoms with E-state index in [1.807, 2.05) is 6.07 Å². The number of H-pyrrole nitrogens is 1. The zero-order valence-corrected chi connectivity index (χ0v) is 15.0. The molecule has 134 valence electrons. The van der Waals surface area contributed by atoms with Crippen molar-refractivity contribution < 1.29 is 9.90 Å². The number of anilines is 2. The fraction of sp³-hybridized carbons (Fsp3) is 0.368. The maximum atomic E-state index is 11.1. The summed E-state index contributed by atoms with van der Waals surface area (Å²) in [5, 5.41) is 12.8. The van der Waals surface area contributed by atoms with Gasteiger partial charge in [0, 0.05) is 42.7 Å². The smallest absolute Gasteiger partial charge is 0.221 e. The SMILES string of the molecule is C#C.CC(=O)Nc1cc(O)c2c(c1)N(Cc1cnc[nH]1)CC2.CCC. The molecule has 1 amide bonds. The minimum Gasteiger partial charge on any atom is -0.508 e. The Hall–Kier alpha value is -2.94. The summed E-state index contributed by atoms with van der Waals surface area (Å²) in [5.74, 6) is 0.0841. The quantitative estimate of drug-likeness (QED) is 0.748. The Labute approximate surface area is 149 Å². The number of aromatic amines is 1. The molecule has 1 aliphatic heterocycles. The van der Waals surface area contributed by atoms with Crippen LogP contribution >= 0.6 is 0 Å². The second-order valence-electron chi connectivity index (χ2n) is 5.63. The molecule has 25 heavy (non-hydrogen) atoms. The number of phenols is 1. The van der Waals surface area contributed by atoms with Crippen molar-refractivity contribution in [2.75, 3.05) is 16.8 Å². The van der Waals surface area contributed by atoms with Crippen LogP contribution in [0.25, 0.3) is 0 Å². The van der Waals surface area contributed by atoms with Crippen LogP contribution in [0.1, 0.15) is 38.4 Å². The molecule has 0 saturated heterocycles. The van der Waals surface area contributed by atoms with E-state index in [9.17, 15) is 9.90 Å². The van der Waals surface area contributed by atoms with Crippen molar-refractivity contribution >= 4 is 17.3 Å². The number of amides is 1. The number of imidazole rings is 1. The third-order valence-corrected chi connectivity index (χ3v) is 3.41. The largest absolute Gasteiger partial charge is 0.508 e. The molecule has 0 bridgehead atoms. The number of phenolic OH excluding ortho intramolecular Hbond substituents is 1. The Kier molecular flexibility index (Phi) is 8.07. The standard InChI is InChI=1S/C14H16N4O2.C3H8.C2H2/c1-9(19)17-10-4-13-12(14(20)5-10)2-3-18(13)7-11-6-15-8-16-11;1-3-2;1-2/h4-6,8,20H,2-3,7H2,1H3,(H,15,16)(H,17,19);3H2,1-2H3;1-2H.